The molecular formula is C16H20N2O2. The van der Waals surface area contributed by atoms with E-state index in [1.54, 1.807) is 0 Å². The number of para-hydroxylation sites is 1. The molecule has 106 valence electrons. The fourth-order valence-electron chi connectivity index (χ4n) is 3.17. The molecule has 1 amide bonds. The van der Waals surface area contributed by atoms with Crippen molar-refractivity contribution in [3.8, 4) is 0 Å². The number of hydrogen-bond acceptors (Lipinski definition) is 3. The number of nitrogens with two attached hydrogens (primary N) is 1. The number of benzene rings is 1. The van der Waals surface area contributed by atoms with Gasteiger partial charge in [-0.3, -0.25) is 4.79 Å². The van der Waals surface area contributed by atoms with Gasteiger partial charge in [0.15, 0.2) is 0 Å². The van der Waals surface area contributed by atoms with Gasteiger partial charge in [0.05, 0.1) is 5.56 Å². The quantitative estimate of drug-likeness (QED) is 0.898. The van der Waals surface area contributed by atoms with E-state index >= 15 is 0 Å². The Hall–Kier alpha value is -1.81. The molecule has 2 aromatic rings. The lowest BCUT2D eigenvalue weighted by Crippen LogP contribution is -2.32. The number of carbonyl (C=O) groups is 1. The molecule has 1 aromatic heterocycles. The number of furan rings is 1. The highest BCUT2D eigenvalue weighted by atomic mass is 16.3. The molecule has 0 radical (unpaired) electrons. The summed E-state index contributed by atoms with van der Waals surface area (Å²) in [5.41, 5.74) is 7.13. The van der Waals surface area contributed by atoms with Crippen LogP contribution in [0.25, 0.3) is 11.0 Å². The third kappa shape index (κ3) is 2.43. The van der Waals surface area contributed by atoms with Crippen LogP contribution in [0, 0.1) is 11.8 Å². The van der Waals surface area contributed by atoms with Gasteiger partial charge in [-0.25, -0.2) is 0 Å². The Bertz CT molecular complexity index is 605. The van der Waals surface area contributed by atoms with Crippen LogP contribution >= 0.6 is 0 Å². The second kappa shape index (κ2) is 5.67. The van der Waals surface area contributed by atoms with Gasteiger partial charge in [-0.2, -0.15) is 0 Å². The first-order chi connectivity index (χ1) is 9.79. The lowest BCUT2D eigenvalue weighted by atomic mass is 9.96. The Morgan fingerprint density at radius 1 is 1.30 bits per heavy atom. The van der Waals surface area contributed by atoms with Crippen molar-refractivity contribution in [3.63, 3.8) is 0 Å². The van der Waals surface area contributed by atoms with Crippen molar-refractivity contribution in [2.24, 2.45) is 17.6 Å². The van der Waals surface area contributed by atoms with Gasteiger partial charge >= 0.3 is 0 Å². The summed E-state index contributed by atoms with van der Waals surface area (Å²) in [4.78, 5) is 12.3. The van der Waals surface area contributed by atoms with Crippen LogP contribution in [0.4, 0.5) is 0 Å². The van der Waals surface area contributed by atoms with E-state index in [2.05, 4.69) is 5.32 Å². The van der Waals surface area contributed by atoms with E-state index < -0.39 is 0 Å². The molecule has 20 heavy (non-hydrogen) atoms. The standard InChI is InChI=1S/C16H20N2O2/c17-8-11-4-3-5-12(11)9-18-16(19)14-10-20-15-7-2-1-6-13(14)15/h1-2,6-7,10-12H,3-5,8-9,17H2,(H,18,19). The first kappa shape index (κ1) is 13.2. The van der Waals surface area contributed by atoms with Crippen LogP contribution in [-0.4, -0.2) is 19.0 Å². The fraction of sp³-hybridized carbons (Fsp3) is 0.438. The van der Waals surface area contributed by atoms with E-state index in [9.17, 15) is 4.79 Å². The van der Waals surface area contributed by atoms with Crippen LogP contribution in [0.3, 0.4) is 0 Å². The lowest BCUT2D eigenvalue weighted by Gasteiger charge is -2.18. The summed E-state index contributed by atoms with van der Waals surface area (Å²) >= 11 is 0. The molecule has 1 heterocycles. The maximum Gasteiger partial charge on any atom is 0.255 e. The molecule has 0 aliphatic heterocycles. The Kier molecular flexibility index (Phi) is 3.74. The zero-order valence-corrected chi connectivity index (χ0v) is 11.5. The maximum atomic E-state index is 12.3. The molecule has 2 unspecified atom stereocenters. The smallest absolute Gasteiger partial charge is 0.255 e. The molecule has 1 saturated carbocycles. The van der Waals surface area contributed by atoms with Crippen molar-refractivity contribution in [2.75, 3.05) is 13.1 Å². The third-order valence-electron chi connectivity index (χ3n) is 4.37. The molecular weight excluding hydrogens is 252 g/mol. The van der Waals surface area contributed by atoms with E-state index in [4.69, 9.17) is 10.2 Å². The van der Waals surface area contributed by atoms with Gasteiger partial charge in [0.1, 0.15) is 11.8 Å². The van der Waals surface area contributed by atoms with Crippen LogP contribution < -0.4 is 11.1 Å². The number of carbonyl (C=O) groups excluding carboxylic acids is 1. The van der Waals surface area contributed by atoms with Crippen molar-refractivity contribution < 1.29 is 9.21 Å². The Labute approximate surface area is 118 Å². The van der Waals surface area contributed by atoms with Crippen LogP contribution in [0.1, 0.15) is 29.6 Å². The van der Waals surface area contributed by atoms with E-state index in [0.717, 1.165) is 23.9 Å². The van der Waals surface area contributed by atoms with E-state index in [1.165, 1.54) is 19.1 Å². The van der Waals surface area contributed by atoms with Crippen molar-refractivity contribution in [1.29, 1.82) is 0 Å². The summed E-state index contributed by atoms with van der Waals surface area (Å²) in [7, 11) is 0. The molecule has 1 aliphatic carbocycles. The fourth-order valence-corrected chi connectivity index (χ4v) is 3.17. The van der Waals surface area contributed by atoms with Gasteiger partial charge in [0.25, 0.3) is 5.91 Å². The summed E-state index contributed by atoms with van der Waals surface area (Å²) < 4.78 is 5.40. The topological polar surface area (TPSA) is 68.3 Å². The first-order valence-corrected chi connectivity index (χ1v) is 7.24. The van der Waals surface area contributed by atoms with Gasteiger partial charge in [-0.15, -0.1) is 0 Å². The Balaban J connectivity index is 1.67. The summed E-state index contributed by atoms with van der Waals surface area (Å²) in [5.74, 6) is 1.01. The van der Waals surface area contributed by atoms with Crippen LogP contribution in [0.5, 0.6) is 0 Å². The summed E-state index contributed by atoms with van der Waals surface area (Å²) in [6, 6.07) is 7.59. The number of hydrogen-bond donors (Lipinski definition) is 2. The largest absolute Gasteiger partial charge is 0.463 e. The molecule has 1 aromatic carbocycles. The molecule has 2 atom stereocenters. The predicted molar refractivity (Wildman–Crippen MR) is 78.4 cm³/mol. The highest BCUT2D eigenvalue weighted by molar-refractivity contribution is 6.05. The van der Waals surface area contributed by atoms with Crippen molar-refractivity contribution in [2.45, 2.75) is 19.3 Å². The molecule has 0 spiro atoms. The SMILES string of the molecule is NCC1CCCC1CNC(=O)c1coc2ccccc12. The second-order valence-electron chi connectivity index (χ2n) is 5.54. The first-order valence-electron chi connectivity index (χ1n) is 7.24. The van der Waals surface area contributed by atoms with E-state index in [0.29, 0.717) is 23.9 Å². The predicted octanol–water partition coefficient (Wildman–Crippen LogP) is 2.54. The van der Waals surface area contributed by atoms with Gasteiger partial charge in [0.2, 0.25) is 0 Å². The number of fused-ring (bicyclic) bond motifs is 1. The average molecular weight is 272 g/mol. The normalized spacial score (nSPS) is 22.2. The lowest BCUT2D eigenvalue weighted by molar-refractivity contribution is 0.0945. The molecule has 1 fully saturated rings. The summed E-state index contributed by atoms with van der Waals surface area (Å²) in [6.45, 7) is 1.43. The van der Waals surface area contributed by atoms with Gasteiger partial charge in [0, 0.05) is 11.9 Å². The summed E-state index contributed by atoms with van der Waals surface area (Å²) in [5, 5.41) is 3.90. The van der Waals surface area contributed by atoms with Crippen LogP contribution in [0.2, 0.25) is 0 Å². The van der Waals surface area contributed by atoms with E-state index in [-0.39, 0.29) is 5.91 Å². The minimum atomic E-state index is -0.0578. The maximum absolute atomic E-state index is 12.3. The molecule has 4 nitrogen and oxygen atoms in total. The Morgan fingerprint density at radius 2 is 2.10 bits per heavy atom. The monoisotopic (exact) mass is 272 g/mol. The Morgan fingerprint density at radius 3 is 2.95 bits per heavy atom. The minimum absolute atomic E-state index is 0.0578. The summed E-state index contributed by atoms with van der Waals surface area (Å²) in [6.07, 6.45) is 5.10. The molecule has 0 bridgehead atoms. The van der Waals surface area contributed by atoms with Crippen molar-refractivity contribution in [1.82, 2.24) is 5.32 Å². The van der Waals surface area contributed by atoms with Gasteiger partial charge < -0.3 is 15.5 Å². The number of rotatable bonds is 4. The zero-order chi connectivity index (χ0) is 13.9. The van der Waals surface area contributed by atoms with Crippen molar-refractivity contribution >= 4 is 16.9 Å². The molecule has 3 N–H and O–H groups in total. The van der Waals surface area contributed by atoms with Crippen LogP contribution in [-0.2, 0) is 0 Å². The number of amides is 1. The van der Waals surface area contributed by atoms with Crippen molar-refractivity contribution in [3.05, 3.63) is 36.1 Å². The van der Waals surface area contributed by atoms with Crippen LogP contribution in [0.15, 0.2) is 34.9 Å². The van der Waals surface area contributed by atoms with E-state index in [1.807, 2.05) is 24.3 Å². The molecule has 4 heteroatoms. The minimum Gasteiger partial charge on any atom is -0.463 e. The molecule has 3 rings (SSSR count). The second-order valence-corrected chi connectivity index (χ2v) is 5.54. The zero-order valence-electron chi connectivity index (χ0n) is 11.5. The third-order valence-corrected chi connectivity index (χ3v) is 4.37. The molecule has 0 saturated heterocycles. The number of nitrogens with one attached hydrogen (secondary N) is 1. The van der Waals surface area contributed by atoms with Gasteiger partial charge in [-0.05, 0) is 37.3 Å². The highest BCUT2D eigenvalue weighted by Crippen LogP contribution is 2.30. The average Bonchev–Trinajstić information content (AvgIpc) is 3.11. The molecule has 1 aliphatic rings. The highest BCUT2D eigenvalue weighted by Gasteiger charge is 2.26. The van der Waals surface area contributed by atoms with Gasteiger partial charge in [-0.1, -0.05) is 24.6 Å².